The largest absolute Gasteiger partial charge is 0.463 e. The molecule has 4 bridgehead atoms. The number of rotatable bonds is 1. The Kier molecular flexibility index (Phi) is 2.03. The van der Waals surface area contributed by atoms with Gasteiger partial charge in [0, 0.05) is 26.2 Å². The molecule has 4 aliphatic heterocycles. The second-order valence-corrected chi connectivity index (χ2v) is 7.08. The van der Waals surface area contributed by atoms with Gasteiger partial charge in [0.1, 0.15) is 23.5 Å². The van der Waals surface area contributed by atoms with Gasteiger partial charge < -0.3 is 4.42 Å². The van der Waals surface area contributed by atoms with Crippen LogP contribution in [-0.4, -0.2) is 41.8 Å². The van der Waals surface area contributed by atoms with Gasteiger partial charge >= 0.3 is 0 Å². The average Bonchev–Trinajstić information content (AvgIpc) is 2.71. The predicted octanol–water partition coefficient (Wildman–Crippen LogP) is 1.81. The lowest BCUT2D eigenvalue weighted by Gasteiger charge is -2.64. The van der Waals surface area contributed by atoms with Crippen LogP contribution < -0.4 is 0 Å². The lowest BCUT2D eigenvalue weighted by atomic mass is 9.62. The quantitative estimate of drug-likeness (QED) is 0.771. The summed E-state index contributed by atoms with van der Waals surface area (Å²) in [6.45, 7) is 9.68. The number of Topliss-reactive ketones (excluding diaryl/α,β-unsaturated/α-hetero) is 1. The molecule has 4 heteroatoms. The Hall–Kier alpha value is -1.13. The van der Waals surface area contributed by atoms with Crippen molar-refractivity contribution in [1.29, 1.82) is 0 Å². The van der Waals surface area contributed by atoms with E-state index in [1.54, 1.807) is 0 Å². The van der Waals surface area contributed by atoms with Gasteiger partial charge in [0.05, 0.1) is 10.8 Å². The molecule has 1 aromatic heterocycles. The number of aryl methyl sites for hydroxylation is 1. The van der Waals surface area contributed by atoms with E-state index >= 15 is 0 Å². The number of furan rings is 1. The molecule has 0 N–H and O–H groups in total. The van der Waals surface area contributed by atoms with E-state index < -0.39 is 0 Å². The summed E-state index contributed by atoms with van der Waals surface area (Å²) >= 11 is 0. The predicted molar refractivity (Wildman–Crippen MR) is 70.6 cm³/mol. The summed E-state index contributed by atoms with van der Waals surface area (Å²) < 4.78 is 5.83. The lowest BCUT2D eigenvalue weighted by molar-refractivity contribution is -0.199. The van der Waals surface area contributed by atoms with Crippen LogP contribution in [0.5, 0.6) is 0 Å². The van der Waals surface area contributed by atoms with E-state index in [1.165, 1.54) is 0 Å². The maximum Gasteiger partial charge on any atom is 0.149 e. The number of carbonyl (C=O) groups excluding carboxylic acids is 1. The summed E-state index contributed by atoms with van der Waals surface area (Å²) in [5.74, 6) is 2.44. The zero-order chi connectivity index (χ0) is 13.4. The summed E-state index contributed by atoms with van der Waals surface area (Å²) in [4.78, 5) is 17.4. The van der Waals surface area contributed by atoms with Gasteiger partial charge in [-0.15, -0.1) is 0 Å². The Morgan fingerprint density at radius 3 is 2.05 bits per heavy atom. The van der Waals surface area contributed by atoms with Crippen LogP contribution in [0.25, 0.3) is 0 Å². The monoisotopic (exact) mass is 260 g/mol. The molecule has 0 aliphatic carbocycles. The van der Waals surface area contributed by atoms with Crippen LogP contribution in [0.2, 0.25) is 0 Å². The second kappa shape index (κ2) is 3.30. The number of ketones is 1. The van der Waals surface area contributed by atoms with Crippen molar-refractivity contribution >= 4 is 5.78 Å². The fourth-order valence-corrected chi connectivity index (χ4v) is 4.55. The van der Waals surface area contributed by atoms with Gasteiger partial charge in [0.2, 0.25) is 0 Å². The fraction of sp³-hybridized carbons (Fsp3) is 0.667. The molecule has 0 saturated carbocycles. The second-order valence-electron chi connectivity index (χ2n) is 7.08. The molecule has 0 unspecified atom stereocenters. The molecule has 5 heterocycles. The summed E-state index contributed by atoms with van der Waals surface area (Å²) in [6, 6.07) is 4.10. The Morgan fingerprint density at radius 2 is 1.63 bits per heavy atom. The Bertz CT molecular complexity index is 522. The lowest BCUT2D eigenvalue weighted by Crippen LogP contribution is -2.75. The molecule has 102 valence electrons. The third-order valence-corrected chi connectivity index (χ3v) is 5.01. The van der Waals surface area contributed by atoms with Crippen molar-refractivity contribution in [3.8, 4) is 0 Å². The summed E-state index contributed by atoms with van der Waals surface area (Å²) in [7, 11) is 0. The highest BCUT2D eigenvalue weighted by atomic mass is 16.3. The molecule has 4 saturated heterocycles. The Labute approximate surface area is 113 Å². The van der Waals surface area contributed by atoms with Crippen LogP contribution >= 0.6 is 0 Å². The van der Waals surface area contributed by atoms with E-state index in [9.17, 15) is 4.79 Å². The standard InChI is InChI=1S/C15H20N2O2/c1-10-4-5-11(19-10)12-16-6-14(2)7-17(12)9-15(3,8-16)13(14)18/h4-5,12H,6-9H2,1-3H3. The Balaban J connectivity index is 1.75. The van der Waals surface area contributed by atoms with Crippen molar-refractivity contribution in [3.05, 3.63) is 23.7 Å². The zero-order valence-electron chi connectivity index (χ0n) is 11.8. The van der Waals surface area contributed by atoms with E-state index in [0.29, 0.717) is 5.78 Å². The first-order chi connectivity index (χ1) is 8.91. The maximum absolute atomic E-state index is 12.6. The number of nitrogens with zero attached hydrogens (tertiary/aromatic N) is 2. The molecular weight excluding hydrogens is 240 g/mol. The van der Waals surface area contributed by atoms with Crippen LogP contribution in [0.15, 0.2) is 16.5 Å². The highest BCUT2D eigenvalue weighted by Gasteiger charge is 2.62. The molecule has 4 fully saturated rings. The first-order valence-corrected chi connectivity index (χ1v) is 7.01. The van der Waals surface area contributed by atoms with E-state index in [-0.39, 0.29) is 17.0 Å². The molecule has 0 radical (unpaired) electrons. The molecule has 1 aromatic rings. The van der Waals surface area contributed by atoms with Gasteiger partial charge in [-0.25, -0.2) is 0 Å². The minimum absolute atomic E-state index is 0.191. The first-order valence-electron chi connectivity index (χ1n) is 7.01. The van der Waals surface area contributed by atoms with E-state index in [4.69, 9.17) is 4.42 Å². The van der Waals surface area contributed by atoms with Gasteiger partial charge in [-0.3, -0.25) is 14.6 Å². The van der Waals surface area contributed by atoms with Gasteiger partial charge in [0.15, 0.2) is 0 Å². The number of hydrogen-bond donors (Lipinski definition) is 0. The summed E-state index contributed by atoms with van der Waals surface area (Å²) in [5.41, 5.74) is -0.382. The summed E-state index contributed by atoms with van der Waals surface area (Å²) in [6.07, 6.45) is 0.225. The topological polar surface area (TPSA) is 36.7 Å². The molecule has 0 amide bonds. The number of hydrogen-bond acceptors (Lipinski definition) is 4. The smallest absolute Gasteiger partial charge is 0.149 e. The molecule has 0 atom stereocenters. The van der Waals surface area contributed by atoms with E-state index in [1.807, 2.05) is 13.0 Å². The molecule has 0 aromatic carbocycles. The SMILES string of the molecule is Cc1ccc(C2N3CC4(C)CN2CC(C)(C3)C4=O)o1. The van der Waals surface area contributed by atoms with Crippen molar-refractivity contribution in [3.63, 3.8) is 0 Å². The van der Waals surface area contributed by atoms with E-state index in [0.717, 1.165) is 37.7 Å². The average molecular weight is 260 g/mol. The maximum atomic E-state index is 12.6. The molecule has 5 rings (SSSR count). The molecule has 0 spiro atoms. The zero-order valence-corrected chi connectivity index (χ0v) is 11.8. The van der Waals surface area contributed by atoms with Crippen molar-refractivity contribution in [1.82, 2.24) is 9.80 Å². The molecular formula is C15H20N2O2. The van der Waals surface area contributed by atoms with E-state index in [2.05, 4.69) is 29.7 Å². The van der Waals surface area contributed by atoms with Crippen LogP contribution in [0.1, 0.15) is 31.5 Å². The van der Waals surface area contributed by atoms with Crippen molar-refractivity contribution in [2.75, 3.05) is 26.2 Å². The molecule has 4 aliphatic rings. The van der Waals surface area contributed by atoms with Crippen molar-refractivity contribution < 1.29 is 9.21 Å². The van der Waals surface area contributed by atoms with Crippen LogP contribution in [0.3, 0.4) is 0 Å². The van der Waals surface area contributed by atoms with Gasteiger partial charge in [-0.2, -0.15) is 0 Å². The van der Waals surface area contributed by atoms with Crippen LogP contribution in [0.4, 0.5) is 0 Å². The molecule has 19 heavy (non-hydrogen) atoms. The van der Waals surface area contributed by atoms with Crippen molar-refractivity contribution in [2.24, 2.45) is 10.8 Å². The summed E-state index contributed by atoms with van der Waals surface area (Å²) in [5, 5.41) is 0. The fourth-order valence-electron chi connectivity index (χ4n) is 4.55. The highest BCUT2D eigenvalue weighted by molar-refractivity contribution is 5.92. The minimum Gasteiger partial charge on any atom is -0.463 e. The highest BCUT2D eigenvalue weighted by Crippen LogP contribution is 2.51. The third kappa shape index (κ3) is 1.39. The Morgan fingerprint density at radius 1 is 1.11 bits per heavy atom. The van der Waals surface area contributed by atoms with Gasteiger partial charge in [-0.1, -0.05) is 13.8 Å². The number of piperidine rings is 2. The van der Waals surface area contributed by atoms with Gasteiger partial charge in [-0.05, 0) is 19.1 Å². The van der Waals surface area contributed by atoms with Crippen molar-refractivity contribution in [2.45, 2.75) is 26.9 Å². The third-order valence-electron chi connectivity index (χ3n) is 5.01. The molecule has 4 nitrogen and oxygen atoms in total. The minimum atomic E-state index is -0.191. The van der Waals surface area contributed by atoms with Crippen LogP contribution in [-0.2, 0) is 4.79 Å². The number of carbonyl (C=O) groups is 1. The van der Waals surface area contributed by atoms with Gasteiger partial charge in [0.25, 0.3) is 0 Å². The first kappa shape index (κ1) is 11.7. The normalized spacial score (nSPS) is 47.9. The van der Waals surface area contributed by atoms with Crippen LogP contribution in [0, 0.1) is 17.8 Å².